The molecule has 0 radical (unpaired) electrons. The summed E-state index contributed by atoms with van der Waals surface area (Å²) in [6, 6.07) is 4.07. The van der Waals surface area contributed by atoms with Crippen LogP contribution in [0.5, 0.6) is 5.75 Å². The van der Waals surface area contributed by atoms with E-state index >= 15 is 0 Å². The van der Waals surface area contributed by atoms with E-state index in [-0.39, 0.29) is 11.6 Å². The summed E-state index contributed by atoms with van der Waals surface area (Å²) >= 11 is 0. The molecule has 13 heavy (non-hydrogen) atoms. The molecule has 0 N–H and O–H groups in total. The van der Waals surface area contributed by atoms with Crippen LogP contribution < -0.4 is 4.74 Å². The molecule has 2 aliphatic rings. The molecule has 0 bridgehead atoms. The van der Waals surface area contributed by atoms with E-state index < -0.39 is 5.60 Å². The smallest absolute Gasteiger partial charge is 0.210 e. The zero-order valence-corrected chi connectivity index (χ0v) is 6.84. The lowest BCUT2D eigenvalue weighted by atomic mass is 10.1. The third-order valence-corrected chi connectivity index (χ3v) is 2.61. The first kappa shape index (κ1) is 7.06. The van der Waals surface area contributed by atoms with Crippen molar-refractivity contribution in [1.29, 1.82) is 0 Å². The number of ether oxygens (including phenoxy) is 1. The van der Waals surface area contributed by atoms with Crippen molar-refractivity contribution in [1.82, 2.24) is 0 Å². The van der Waals surface area contributed by atoms with Gasteiger partial charge in [0.1, 0.15) is 11.6 Å². The molecule has 1 aliphatic carbocycles. The van der Waals surface area contributed by atoms with Crippen molar-refractivity contribution in [2.45, 2.75) is 18.4 Å². The van der Waals surface area contributed by atoms with E-state index in [2.05, 4.69) is 0 Å². The lowest BCUT2D eigenvalue weighted by Gasteiger charge is -2.03. The van der Waals surface area contributed by atoms with Crippen molar-refractivity contribution in [2.24, 2.45) is 0 Å². The highest BCUT2D eigenvalue weighted by Gasteiger charge is 2.57. The van der Waals surface area contributed by atoms with Crippen molar-refractivity contribution in [2.75, 3.05) is 0 Å². The van der Waals surface area contributed by atoms with E-state index in [1.54, 1.807) is 0 Å². The van der Waals surface area contributed by atoms with Gasteiger partial charge in [-0.15, -0.1) is 0 Å². The predicted molar refractivity (Wildman–Crippen MR) is 43.3 cm³/mol. The fraction of sp³-hybridized carbons (Fsp3) is 0.300. The van der Waals surface area contributed by atoms with Crippen LogP contribution in [0.1, 0.15) is 23.2 Å². The van der Waals surface area contributed by atoms with Gasteiger partial charge in [-0.05, 0) is 25.0 Å². The SMILES string of the molecule is O=C1c2ccc(F)cc2OC12CC2. The fourth-order valence-corrected chi connectivity index (χ4v) is 1.71. The fourth-order valence-electron chi connectivity index (χ4n) is 1.71. The number of halogens is 1. The van der Waals surface area contributed by atoms with Crippen molar-refractivity contribution < 1.29 is 13.9 Å². The average molecular weight is 178 g/mol. The van der Waals surface area contributed by atoms with Crippen LogP contribution >= 0.6 is 0 Å². The second-order valence-corrected chi connectivity index (χ2v) is 3.57. The molecule has 66 valence electrons. The summed E-state index contributed by atoms with van der Waals surface area (Å²) in [6.45, 7) is 0. The van der Waals surface area contributed by atoms with Gasteiger partial charge in [0.2, 0.25) is 5.78 Å². The zero-order chi connectivity index (χ0) is 9.05. The van der Waals surface area contributed by atoms with Crippen LogP contribution in [0.25, 0.3) is 0 Å². The average Bonchev–Trinajstić information content (AvgIpc) is 2.79. The third-order valence-electron chi connectivity index (χ3n) is 2.61. The molecule has 0 saturated heterocycles. The van der Waals surface area contributed by atoms with Gasteiger partial charge in [0.05, 0.1) is 5.56 Å². The van der Waals surface area contributed by atoms with Crippen LogP contribution in [0.3, 0.4) is 0 Å². The maximum atomic E-state index is 12.8. The molecule has 0 aromatic heterocycles. The Morgan fingerprint density at radius 2 is 2.15 bits per heavy atom. The number of fused-ring (bicyclic) bond motifs is 1. The zero-order valence-electron chi connectivity index (χ0n) is 6.84. The number of benzene rings is 1. The second-order valence-electron chi connectivity index (χ2n) is 3.57. The van der Waals surface area contributed by atoms with Crippen molar-refractivity contribution in [3.63, 3.8) is 0 Å². The third kappa shape index (κ3) is 0.789. The van der Waals surface area contributed by atoms with Crippen molar-refractivity contribution in [3.05, 3.63) is 29.6 Å². The van der Waals surface area contributed by atoms with E-state index in [0.29, 0.717) is 11.3 Å². The Morgan fingerprint density at radius 3 is 2.85 bits per heavy atom. The first-order valence-electron chi connectivity index (χ1n) is 4.25. The number of hydrogen-bond acceptors (Lipinski definition) is 2. The molecule has 3 heteroatoms. The Morgan fingerprint density at radius 1 is 1.38 bits per heavy atom. The second kappa shape index (κ2) is 1.92. The first-order valence-corrected chi connectivity index (χ1v) is 4.25. The van der Waals surface area contributed by atoms with Crippen molar-refractivity contribution in [3.8, 4) is 5.75 Å². The van der Waals surface area contributed by atoms with Gasteiger partial charge in [0, 0.05) is 6.07 Å². The molecule has 1 spiro atoms. The Balaban J connectivity index is 2.17. The van der Waals surface area contributed by atoms with Crippen LogP contribution in [0.4, 0.5) is 4.39 Å². The van der Waals surface area contributed by atoms with Gasteiger partial charge in [-0.25, -0.2) is 4.39 Å². The van der Waals surface area contributed by atoms with E-state index in [9.17, 15) is 9.18 Å². The van der Waals surface area contributed by atoms with Gasteiger partial charge in [-0.1, -0.05) is 0 Å². The minimum atomic E-state index is -0.601. The number of rotatable bonds is 0. The normalized spacial score (nSPS) is 21.5. The summed E-state index contributed by atoms with van der Waals surface area (Å²) in [6.07, 6.45) is 1.53. The molecule has 0 unspecified atom stereocenters. The van der Waals surface area contributed by atoms with Crippen LogP contribution in [-0.4, -0.2) is 11.4 Å². The topological polar surface area (TPSA) is 26.3 Å². The van der Waals surface area contributed by atoms with Crippen LogP contribution in [0.2, 0.25) is 0 Å². The van der Waals surface area contributed by atoms with Crippen LogP contribution in [0.15, 0.2) is 18.2 Å². The van der Waals surface area contributed by atoms with E-state index in [0.717, 1.165) is 12.8 Å². The highest BCUT2D eigenvalue weighted by atomic mass is 19.1. The molecule has 1 aromatic carbocycles. The summed E-state index contributed by atoms with van der Waals surface area (Å²) in [5.74, 6) is 0.0641. The maximum Gasteiger partial charge on any atom is 0.210 e. The highest BCUT2D eigenvalue weighted by Crippen LogP contribution is 2.49. The Hall–Kier alpha value is -1.38. The quantitative estimate of drug-likeness (QED) is 0.606. The summed E-state index contributed by atoms with van der Waals surface area (Å²) in [5.41, 5.74) is -0.0743. The van der Waals surface area contributed by atoms with E-state index in [4.69, 9.17) is 4.74 Å². The minimum absolute atomic E-state index is 0.0162. The summed E-state index contributed by atoms with van der Waals surface area (Å²) in [4.78, 5) is 11.6. The molecule has 1 fully saturated rings. The number of hydrogen-bond donors (Lipinski definition) is 0. The number of carbonyl (C=O) groups excluding carboxylic acids is 1. The van der Waals surface area contributed by atoms with Crippen LogP contribution in [-0.2, 0) is 0 Å². The number of ketones is 1. The van der Waals surface area contributed by atoms with Gasteiger partial charge < -0.3 is 4.74 Å². The van der Waals surface area contributed by atoms with Gasteiger partial charge >= 0.3 is 0 Å². The monoisotopic (exact) mass is 178 g/mol. The molecule has 1 aromatic rings. The molecule has 0 atom stereocenters. The minimum Gasteiger partial charge on any atom is -0.478 e. The molecule has 1 saturated carbocycles. The lowest BCUT2D eigenvalue weighted by Crippen LogP contribution is -2.21. The molecule has 0 amide bonds. The summed E-state index contributed by atoms with van der Waals surface area (Å²) < 4.78 is 18.2. The predicted octanol–water partition coefficient (Wildman–Crippen LogP) is 1.93. The molecule has 3 rings (SSSR count). The van der Waals surface area contributed by atoms with Crippen LogP contribution in [0, 0.1) is 5.82 Å². The Bertz CT molecular complexity index is 407. The van der Waals surface area contributed by atoms with E-state index in [1.807, 2.05) is 0 Å². The van der Waals surface area contributed by atoms with Gasteiger partial charge in [-0.2, -0.15) is 0 Å². The van der Waals surface area contributed by atoms with E-state index in [1.165, 1.54) is 18.2 Å². The van der Waals surface area contributed by atoms with Gasteiger partial charge in [-0.3, -0.25) is 4.79 Å². The molecule has 1 heterocycles. The molecular formula is C10H7FO2. The molecule has 1 aliphatic heterocycles. The van der Waals surface area contributed by atoms with Gasteiger partial charge in [0.25, 0.3) is 0 Å². The lowest BCUT2D eigenvalue weighted by molar-refractivity contribution is 0.0820. The Labute approximate surface area is 74.3 Å². The van der Waals surface area contributed by atoms with Gasteiger partial charge in [0.15, 0.2) is 5.60 Å². The maximum absolute atomic E-state index is 12.8. The Kier molecular flexibility index (Phi) is 1.04. The molecule has 2 nitrogen and oxygen atoms in total. The largest absolute Gasteiger partial charge is 0.478 e. The number of carbonyl (C=O) groups is 1. The standard InChI is InChI=1S/C10H7FO2/c11-6-1-2-7-8(5-6)13-10(3-4-10)9(7)12/h1-2,5H,3-4H2. The van der Waals surface area contributed by atoms with Crippen molar-refractivity contribution >= 4 is 5.78 Å². The summed E-state index contributed by atoms with van der Waals surface area (Å²) in [5, 5.41) is 0. The first-order chi connectivity index (χ1) is 6.21. The highest BCUT2D eigenvalue weighted by molar-refractivity contribution is 6.09. The molecular weight excluding hydrogens is 171 g/mol. The summed E-state index contributed by atoms with van der Waals surface area (Å²) in [7, 11) is 0. The number of Topliss-reactive ketones (excluding diaryl/α,β-unsaturated/α-hetero) is 1.